The molecular formula is C28H30BrCl2N3O4S. The van der Waals surface area contributed by atoms with Crippen molar-refractivity contribution in [3.63, 3.8) is 0 Å². The van der Waals surface area contributed by atoms with Crippen molar-refractivity contribution in [1.82, 2.24) is 10.2 Å². The largest absolute Gasteiger partial charge is 0.352 e. The van der Waals surface area contributed by atoms with E-state index in [1.165, 1.54) is 35.2 Å². The second-order valence-electron chi connectivity index (χ2n) is 9.06. The van der Waals surface area contributed by atoms with Gasteiger partial charge in [0.15, 0.2) is 0 Å². The molecule has 0 aromatic heterocycles. The normalized spacial score (nSPS) is 12.9. The zero-order valence-corrected chi connectivity index (χ0v) is 25.7. The van der Waals surface area contributed by atoms with Crippen LogP contribution in [0.5, 0.6) is 0 Å². The van der Waals surface area contributed by atoms with Crippen LogP contribution in [-0.2, 0) is 26.2 Å². The number of carbonyl (C=O) groups excluding carboxylic acids is 2. The van der Waals surface area contributed by atoms with E-state index in [4.69, 9.17) is 23.2 Å². The predicted octanol–water partition coefficient (Wildman–Crippen LogP) is 6.28. The molecule has 0 aliphatic rings. The quantitative estimate of drug-likeness (QED) is 0.264. The fourth-order valence-electron chi connectivity index (χ4n) is 3.75. The Labute approximate surface area is 248 Å². The van der Waals surface area contributed by atoms with E-state index in [2.05, 4.69) is 21.2 Å². The molecule has 39 heavy (non-hydrogen) atoms. The molecule has 0 radical (unpaired) electrons. The van der Waals surface area contributed by atoms with Crippen LogP contribution in [0.15, 0.2) is 82.2 Å². The summed E-state index contributed by atoms with van der Waals surface area (Å²) in [6.07, 6.45) is 0.720. The Bertz CT molecular complexity index is 1410. The van der Waals surface area contributed by atoms with Crippen LogP contribution < -0.4 is 9.62 Å². The van der Waals surface area contributed by atoms with Crippen molar-refractivity contribution in [2.24, 2.45) is 0 Å². The topological polar surface area (TPSA) is 86.8 Å². The van der Waals surface area contributed by atoms with E-state index in [1.807, 2.05) is 38.1 Å². The van der Waals surface area contributed by atoms with E-state index in [-0.39, 0.29) is 34.1 Å². The molecular weight excluding hydrogens is 625 g/mol. The van der Waals surface area contributed by atoms with Crippen molar-refractivity contribution in [3.05, 3.63) is 92.9 Å². The molecule has 3 rings (SSSR count). The molecule has 3 aromatic rings. The summed E-state index contributed by atoms with van der Waals surface area (Å²) >= 11 is 15.9. The maximum atomic E-state index is 13.9. The number of nitrogens with one attached hydrogen (secondary N) is 1. The lowest BCUT2D eigenvalue weighted by Crippen LogP contribution is -2.52. The highest BCUT2D eigenvalue weighted by Gasteiger charge is 2.33. The number of rotatable bonds is 11. The monoisotopic (exact) mass is 653 g/mol. The SMILES string of the molecule is CCC(C)NC(=O)C(C)N(Cc1ccc(Br)cc1)C(=O)CN(c1ccc(Cl)cc1Cl)S(=O)(=O)c1ccccc1. The second kappa shape index (κ2) is 13.7. The van der Waals surface area contributed by atoms with Crippen molar-refractivity contribution in [2.75, 3.05) is 10.8 Å². The fraction of sp³-hybridized carbons (Fsp3) is 0.286. The van der Waals surface area contributed by atoms with E-state index in [0.717, 1.165) is 20.8 Å². The number of sulfonamides is 1. The minimum Gasteiger partial charge on any atom is -0.352 e. The number of halogens is 3. The van der Waals surface area contributed by atoms with Crippen LogP contribution in [0.25, 0.3) is 0 Å². The minimum atomic E-state index is -4.21. The first kappa shape index (κ1) is 30.9. The summed E-state index contributed by atoms with van der Waals surface area (Å²) < 4.78 is 29.4. The molecule has 1 N–H and O–H groups in total. The van der Waals surface area contributed by atoms with Gasteiger partial charge in [0, 0.05) is 22.1 Å². The van der Waals surface area contributed by atoms with E-state index in [0.29, 0.717) is 5.02 Å². The van der Waals surface area contributed by atoms with Gasteiger partial charge in [-0.05, 0) is 68.3 Å². The summed E-state index contributed by atoms with van der Waals surface area (Å²) in [6, 6.07) is 18.5. The molecule has 0 aliphatic heterocycles. The lowest BCUT2D eigenvalue weighted by molar-refractivity contribution is -0.139. The summed E-state index contributed by atoms with van der Waals surface area (Å²) in [6.45, 7) is 4.95. The van der Waals surface area contributed by atoms with Gasteiger partial charge in [-0.25, -0.2) is 8.42 Å². The van der Waals surface area contributed by atoms with Crippen molar-refractivity contribution in [2.45, 2.75) is 50.7 Å². The molecule has 0 heterocycles. The van der Waals surface area contributed by atoms with E-state index in [9.17, 15) is 18.0 Å². The summed E-state index contributed by atoms with van der Waals surface area (Å²) in [5.74, 6) is -0.910. The number of anilines is 1. The molecule has 7 nitrogen and oxygen atoms in total. The van der Waals surface area contributed by atoms with Crippen molar-refractivity contribution >= 4 is 66.7 Å². The highest BCUT2D eigenvalue weighted by atomic mass is 79.9. The molecule has 0 spiro atoms. The number of carbonyl (C=O) groups is 2. The van der Waals surface area contributed by atoms with Crippen LogP contribution in [0.1, 0.15) is 32.8 Å². The summed E-state index contributed by atoms with van der Waals surface area (Å²) in [7, 11) is -4.21. The Hall–Kier alpha value is -2.59. The first-order valence-corrected chi connectivity index (χ1v) is 15.3. The Morgan fingerprint density at radius 1 is 0.974 bits per heavy atom. The van der Waals surface area contributed by atoms with E-state index >= 15 is 0 Å². The number of hydrogen-bond donors (Lipinski definition) is 1. The maximum Gasteiger partial charge on any atom is 0.264 e. The number of nitrogens with zero attached hydrogens (tertiary/aromatic N) is 2. The zero-order valence-electron chi connectivity index (χ0n) is 21.8. The summed E-state index contributed by atoms with van der Waals surface area (Å²) in [5.41, 5.74) is 0.871. The second-order valence-corrected chi connectivity index (χ2v) is 12.7. The zero-order chi connectivity index (χ0) is 28.7. The summed E-state index contributed by atoms with van der Waals surface area (Å²) in [4.78, 5) is 28.4. The van der Waals surface area contributed by atoms with Gasteiger partial charge in [0.2, 0.25) is 11.8 Å². The average Bonchev–Trinajstić information content (AvgIpc) is 2.91. The lowest BCUT2D eigenvalue weighted by Gasteiger charge is -2.32. The molecule has 208 valence electrons. The van der Waals surface area contributed by atoms with Gasteiger partial charge in [0.05, 0.1) is 15.6 Å². The smallest absolute Gasteiger partial charge is 0.264 e. The third-order valence-corrected chi connectivity index (χ3v) is 9.06. The third kappa shape index (κ3) is 7.97. The Kier molecular flexibility index (Phi) is 10.8. The molecule has 2 unspecified atom stereocenters. The first-order valence-electron chi connectivity index (χ1n) is 12.3. The van der Waals surface area contributed by atoms with Crippen LogP contribution in [0.3, 0.4) is 0 Å². The first-order chi connectivity index (χ1) is 18.4. The molecule has 0 bridgehead atoms. The fourth-order valence-corrected chi connectivity index (χ4v) is 6.03. The predicted molar refractivity (Wildman–Crippen MR) is 159 cm³/mol. The third-order valence-electron chi connectivity index (χ3n) is 6.22. The molecule has 0 saturated heterocycles. The average molecular weight is 655 g/mol. The summed E-state index contributed by atoms with van der Waals surface area (Å²) in [5, 5.41) is 3.29. The molecule has 2 amide bonds. The molecule has 0 saturated carbocycles. The van der Waals surface area contributed by atoms with E-state index in [1.54, 1.807) is 25.1 Å². The van der Waals surface area contributed by atoms with Crippen LogP contribution in [0.2, 0.25) is 10.0 Å². The Balaban J connectivity index is 2.04. The molecule has 0 aliphatic carbocycles. The van der Waals surface area contributed by atoms with Crippen LogP contribution >= 0.6 is 39.1 Å². The van der Waals surface area contributed by atoms with Crippen molar-refractivity contribution < 1.29 is 18.0 Å². The van der Waals surface area contributed by atoms with Gasteiger partial charge < -0.3 is 10.2 Å². The van der Waals surface area contributed by atoms with Gasteiger partial charge in [-0.2, -0.15) is 0 Å². The van der Waals surface area contributed by atoms with Crippen LogP contribution in [-0.4, -0.2) is 43.8 Å². The van der Waals surface area contributed by atoms with Gasteiger partial charge in [-0.3, -0.25) is 13.9 Å². The van der Waals surface area contributed by atoms with Gasteiger partial charge in [0.25, 0.3) is 10.0 Å². The van der Waals surface area contributed by atoms with Gasteiger partial charge >= 0.3 is 0 Å². The van der Waals surface area contributed by atoms with Crippen molar-refractivity contribution in [3.8, 4) is 0 Å². The van der Waals surface area contributed by atoms with Gasteiger partial charge in [-0.15, -0.1) is 0 Å². The highest BCUT2D eigenvalue weighted by Crippen LogP contribution is 2.33. The number of benzene rings is 3. The molecule has 0 fully saturated rings. The highest BCUT2D eigenvalue weighted by molar-refractivity contribution is 9.10. The molecule has 2 atom stereocenters. The van der Waals surface area contributed by atoms with Crippen LogP contribution in [0, 0.1) is 0 Å². The maximum absolute atomic E-state index is 13.9. The van der Waals surface area contributed by atoms with Gasteiger partial charge in [-0.1, -0.05) is 76.4 Å². The standard InChI is InChI=1S/C28H30BrCl2N3O4S/c1-4-19(2)32-28(36)20(3)33(17-21-10-12-22(29)13-11-21)27(35)18-34(26-15-14-23(30)16-25(26)31)39(37,38)24-8-6-5-7-9-24/h5-16,19-20H,4,17-18H2,1-3H3,(H,32,36). The van der Waals surface area contributed by atoms with Gasteiger partial charge in [0.1, 0.15) is 12.6 Å². The van der Waals surface area contributed by atoms with Crippen LogP contribution in [0.4, 0.5) is 5.69 Å². The Morgan fingerprint density at radius 2 is 1.62 bits per heavy atom. The van der Waals surface area contributed by atoms with E-state index < -0.39 is 28.5 Å². The number of hydrogen-bond acceptors (Lipinski definition) is 4. The Morgan fingerprint density at radius 3 is 2.21 bits per heavy atom. The van der Waals surface area contributed by atoms with Crippen molar-refractivity contribution in [1.29, 1.82) is 0 Å². The molecule has 11 heteroatoms. The molecule has 3 aromatic carbocycles. The minimum absolute atomic E-state index is 0.00848. The lowest BCUT2D eigenvalue weighted by atomic mass is 10.1. The number of amides is 2.